The molecule has 0 aliphatic rings. The van der Waals surface area contributed by atoms with Crippen LogP contribution in [0.2, 0.25) is 0 Å². The van der Waals surface area contributed by atoms with E-state index in [9.17, 15) is 0 Å². The van der Waals surface area contributed by atoms with Crippen LogP contribution in [0, 0.1) is 0 Å². The SMILES string of the molecule is C/C=c1\c(=C/C)n(-c2ccccc2)c2ccc(-c3ccc4c(c3)c3cc(-c5ccccc5)ccc3n4-c3ccccc3)cc12.CC. The van der Waals surface area contributed by atoms with Crippen LogP contribution in [-0.4, -0.2) is 9.13 Å². The Morgan fingerprint density at radius 1 is 0.391 bits per heavy atom. The first-order valence-electron chi connectivity index (χ1n) is 16.3. The fraction of sp³-hybridized carbons (Fsp3) is 0.0909. The number of hydrogen-bond donors (Lipinski definition) is 0. The zero-order valence-electron chi connectivity index (χ0n) is 26.9. The molecule has 0 radical (unpaired) electrons. The quantitative estimate of drug-likeness (QED) is 0.192. The summed E-state index contributed by atoms with van der Waals surface area (Å²) < 4.78 is 4.76. The Morgan fingerprint density at radius 3 is 1.28 bits per heavy atom. The van der Waals surface area contributed by atoms with E-state index in [1.165, 1.54) is 76.9 Å². The third-order valence-electron chi connectivity index (χ3n) is 8.84. The van der Waals surface area contributed by atoms with E-state index >= 15 is 0 Å². The molecule has 0 unspecified atom stereocenters. The summed E-state index contributed by atoms with van der Waals surface area (Å²) in [4.78, 5) is 0. The van der Waals surface area contributed by atoms with Crippen molar-refractivity contribution in [3.8, 4) is 33.6 Å². The Labute approximate surface area is 270 Å². The molecule has 0 spiro atoms. The summed E-state index contributed by atoms with van der Waals surface area (Å²) >= 11 is 0. The van der Waals surface area contributed by atoms with Crippen molar-refractivity contribution in [1.29, 1.82) is 0 Å². The van der Waals surface area contributed by atoms with E-state index in [1.54, 1.807) is 0 Å². The molecule has 0 saturated heterocycles. The van der Waals surface area contributed by atoms with Crippen LogP contribution in [0.5, 0.6) is 0 Å². The van der Waals surface area contributed by atoms with Crippen LogP contribution >= 0.6 is 0 Å². The van der Waals surface area contributed by atoms with Crippen LogP contribution in [-0.2, 0) is 0 Å². The summed E-state index contributed by atoms with van der Waals surface area (Å²) in [5, 5.41) is 6.27. The van der Waals surface area contributed by atoms with Gasteiger partial charge in [-0.2, -0.15) is 0 Å². The van der Waals surface area contributed by atoms with Gasteiger partial charge in [-0.1, -0.05) is 111 Å². The van der Waals surface area contributed by atoms with Crippen molar-refractivity contribution < 1.29 is 0 Å². The van der Waals surface area contributed by atoms with E-state index in [-0.39, 0.29) is 0 Å². The van der Waals surface area contributed by atoms with Crippen molar-refractivity contribution >= 4 is 44.9 Å². The molecule has 6 aromatic carbocycles. The van der Waals surface area contributed by atoms with E-state index < -0.39 is 0 Å². The second-order valence-corrected chi connectivity index (χ2v) is 11.3. The number of benzene rings is 6. The molecule has 8 rings (SSSR count). The van der Waals surface area contributed by atoms with Crippen LogP contribution in [0.3, 0.4) is 0 Å². The summed E-state index contributed by atoms with van der Waals surface area (Å²) in [6.07, 6.45) is 4.46. The van der Waals surface area contributed by atoms with E-state index in [1.807, 2.05) is 13.8 Å². The Kier molecular flexibility index (Phi) is 7.86. The molecule has 0 atom stereocenters. The van der Waals surface area contributed by atoms with Crippen molar-refractivity contribution in [2.75, 3.05) is 0 Å². The van der Waals surface area contributed by atoms with Crippen molar-refractivity contribution in [3.63, 3.8) is 0 Å². The second-order valence-electron chi connectivity index (χ2n) is 11.3. The van der Waals surface area contributed by atoms with Gasteiger partial charge in [-0.05, 0) is 96.8 Å². The van der Waals surface area contributed by atoms with Crippen molar-refractivity contribution in [1.82, 2.24) is 9.13 Å². The number of hydrogen-bond acceptors (Lipinski definition) is 0. The van der Waals surface area contributed by atoms with Crippen LogP contribution in [0.25, 0.3) is 78.5 Å². The molecular weight excluding hydrogens is 556 g/mol. The number of rotatable bonds is 4. The summed E-state index contributed by atoms with van der Waals surface area (Å²) in [7, 11) is 0. The van der Waals surface area contributed by atoms with Gasteiger partial charge in [-0.25, -0.2) is 0 Å². The molecule has 8 aromatic rings. The highest BCUT2D eigenvalue weighted by Gasteiger charge is 2.16. The minimum Gasteiger partial charge on any atom is -0.310 e. The minimum absolute atomic E-state index is 1.17. The first kappa shape index (κ1) is 29.1. The average molecular weight is 595 g/mol. The second kappa shape index (κ2) is 12.4. The number of aromatic nitrogens is 2. The molecule has 0 amide bonds. The van der Waals surface area contributed by atoms with Gasteiger partial charge in [0.2, 0.25) is 0 Å². The normalized spacial score (nSPS) is 12.2. The largest absolute Gasteiger partial charge is 0.310 e. The van der Waals surface area contributed by atoms with E-state index in [4.69, 9.17) is 0 Å². The Bertz CT molecular complexity index is 2430. The molecule has 0 aliphatic heterocycles. The van der Waals surface area contributed by atoms with Crippen LogP contribution in [0.15, 0.2) is 146 Å². The van der Waals surface area contributed by atoms with Gasteiger partial charge in [-0.15, -0.1) is 0 Å². The first-order chi connectivity index (χ1) is 22.7. The van der Waals surface area contributed by atoms with E-state index in [2.05, 4.69) is 181 Å². The molecule has 2 heteroatoms. The lowest BCUT2D eigenvalue weighted by atomic mass is 9.99. The summed E-state index contributed by atoms with van der Waals surface area (Å²) in [6, 6.07) is 52.7. The molecule has 0 aliphatic carbocycles. The van der Waals surface area contributed by atoms with Crippen molar-refractivity contribution in [3.05, 3.63) is 156 Å². The molecule has 2 aromatic heterocycles. The maximum Gasteiger partial charge on any atom is 0.0541 e. The standard InChI is InChI=1S/C42H32N2.C2H6/c1-3-35-36-27-31(21-24-40(36)43(39(35)4-2)33-16-10-6-11-17-33)32-22-25-42-38(28-32)37-26-30(29-14-8-5-9-15-29)20-23-41(37)44(42)34-18-12-7-13-19-34;1-2/h3-28H,1-2H3;1-2H3/b35-3-,39-4+;. The third-order valence-corrected chi connectivity index (χ3v) is 8.84. The van der Waals surface area contributed by atoms with E-state index in [0.717, 1.165) is 0 Å². The smallest absolute Gasteiger partial charge is 0.0541 e. The Hall–Kier alpha value is -5.60. The van der Waals surface area contributed by atoms with Gasteiger partial charge < -0.3 is 9.13 Å². The molecule has 2 heterocycles. The molecule has 0 N–H and O–H groups in total. The molecule has 0 fully saturated rings. The lowest BCUT2D eigenvalue weighted by Crippen LogP contribution is -2.27. The minimum atomic E-state index is 1.17. The molecule has 2 nitrogen and oxygen atoms in total. The highest BCUT2D eigenvalue weighted by molar-refractivity contribution is 6.11. The molecule has 0 bridgehead atoms. The zero-order valence-corrected chi connectivity index (χ0v) is 26.9. The van der Waals surface area contributed by atoms with Gasteiger partial charge >= 0.3 is 0 Å². The van der Waals surface area contributed by atoms with Crippen LogP contribution < -0.4 is 10.6 Å². The molecule has 46 heavy (non-hydrogen) atoms. The van der Waals surface area contributed by atoms with Gasteiger partial charge in [0.05, 0.1) is 16.6 Å². The predicted molar refractivity (Wildman–Crippen MR) is 199 cm³/mol. The summed E-state index contributed by atoms with van der Waals surface area (Å²) in [6.45, 7) is 8.26. The van der Waals surface area contributed by atoms with Crippen molar-refractivity contribution in [2.24, 2.45) is 0 Å². The molecule has 224 valence electrons. The van der Waals surface area contributed by atoms with Crippen LogP contribution in [0.1, 0.15) is 27.7 Å². The van der Waals surface area contributed by atoms with E-state index in [0.29, 0.717) is 0 Å². The maximum absolute atomic E-state index is 2.39. The maximum atomic E-state index is 2.39. The third kappa shape index (κ3) is 4.83. The lowest BCUT2D eigenvalue weighted by molar-refractivity contribution is 1.07. The topological polar surface area (TPSA) is 9.86 Å². The van der Waals surface area contributed by atoms with Gasteiger partial charge in [-0.3, -0.25) is 0 Å². The number of fused-ring (bicyclic) bond motifs is 4. The highest BCUT2D eigenvalue weighted by atomic mass is 15.0. The lowest BCUT2D eigenvalue weighted by Gasteiger charge is -2.09. The fourth-order valence-corrected chi connectivity index (χ4v) is 6.83. The monoisotopic (exact) mass is 594 g/mol. The Balaban J connectivity index is 0.00000166. The predicted octanol–water partition coefficient (Wildman–Crippen LogP) is 10.7. The van der Waals surface area contributed by atoms with Crippen LogP contribution in [0.4, 0.5) is 0 Å². The number of para-hydroxylation sites is 2. The molecular formula is C44H38N2. The van der Waals surface area contributed by atoms with Gasteiger partial charge in [0.25, 0.3) is 0 Å². The van der Waals surface area contributed by atoms with Gasteiger partial charge in [0, 0.05) is 38.1 Å². The Morgan fingerprint density at radius 2 is 0.804 bits per heavy atom. The zero-order chi connectivity index (χ0) is 31.6. The summed E-state index contributed by atoms with van der Waals surface area (Å²) in [5.74, 6) is 0. The summed E-state index contributed by atoms with van der Waals surface area (Å²) in [5.41, 5.74) is 10.9. The van der Waals surface area contributed by atoms with Gasteiger partial charge in [0.1, 0.15) is 0 Å². The average Bonchev–Trinajstić information content (AvgIpc) is 3.64. The van der Waals surface area contributed by atoms with Gasteiger partial charge in [0.15, 0.2) is 0 Å². The fourth-order valence-electron chi connectivity index (χ4n) is 6.83. The van der Waals surface area contributed by atoms with Crippen molar-refractivity contribution in [2.45, 2.75) is 27.7 Å². The first-order valence-corrected chi connectivity index (χ1v) is 16.3. The number of nitrogens with zero attached hydrogens (tertiary/aromatic N) is 2. The highest BCUT2D eigenvalue weighted by Crippen LogP contribution is 2.37. The molecule has 0 saturated carbocycles.